The molecule has 98 valence electrons. The normalized spacial score (nSPS) is 13.2. The molecule has 0 fully saturated rings. The fraction of sp³-hybridized carbons (Fsp3) is 0.286. The first kappa shape index (κ1) is 14.3. The Hall–Kier alpha value is -1.78. The van der Waals surface area contributed by atoms with Crippen molar-refractivity contribution in [1.82, 2.24) is 10.6 Å². The Morgan fingerprint density at radius 1 is 1.50 bits per heavy atom. The highest BCUT2D eigenvalue weighted by Gasteiger charge is 2.06. The molecule has 1 aromatic rings. The molecule has 0 saturated heterocycles. The van der Waals surface area contributed by atoms with Crippen LogP contribution in [-0.2, 0) is 6.54 Å². The van der Waals surface area contributed by atoms with Gasteiger partial charge in [-0.05, 0) is 42.8 Å². The molecule has 0 spiro atoms. The number of allylic oxidation sites excluding steroid dienone is 1. The van der Waals surface area contributed by atoms with Crippen molar-refractivity contribution in [2.45, 2.75) is 19.6 Å². The highest BCUT2D eigenvalue weighted by molar-refractivity contribution is 5.53. The number of rotatable bonds is 6. The summed E-state index contributed by atoms with van der Waals surface area (Å²) in [6.07, 6.45) is 3.50. The molecule has 0 aromatic heterocycles. The molecule has 0 amide bonds. The van der Waals surface area contributed by atoms with Gasteiger partial charge in [0.05, 0.1) is 12.0 Å². The van der Waals surface area contributed by atoms with Crippen molar-refractivity contribution >= 4 is 6.08 Å². The SMILES string of the molecule is C=Cc1cc(C(N)NC)ccc1CN/C(N)=C/C. The maximum atomic E-state index is 5.92. The van der Waals surface area contributed by atoms with Crippen molar-refractivity contribution < 1.29 is 0 Å². The van der Waals surface area contributed by atoms with E-state index in [9.17, 15) is 0 Å². The third-order valence-electron chi connectivity index (χ3n) is 2.85. The van der Waals surface area contributed by atoms with E-state index in [1.165, 1.54) is 0 Å². The fourth-order valence-electron chi connectivity index (χ4n) is 1.62. The van der Waals surface area contributed by atoms with E-state index in [-0.39, 0.29) is 6.17 Å². The first-order valence-corrected chi connectivity index (χ1v) is 5.96. The largest absolute Gasteiger partial charge is 0.386 e. The molecule has 0 heterocycles. The number of benzene rings is 1. The van der Waals surface area contributed by atoms with Crippen LogP contribution < -0.4 is 22.1 Å². The molecule has 4 heteroatoms. The van der Waals surface area contributed by atoms with E-state index in [0.29, 0.717) is 12.4 Å². The third-order valence-corrected chi connectivity index (χ3v) is 2.85. The van der Waals surface area contributed by atoms with Crippen LogP contribution in [0.5, 0.6) is 0 Å². The highest BCUT2D eigenvalue weighted by atomic mass is 15.0. The van der Waals surface area contributed by atoms with Gasteiger partial charge in [0.25, 0.3) is 0 Å². The summed E-state index contributed by atoms with van der Waals surface area (Å²) in [5.74, 6) is 0.668. The van der Waals surface area contributed by atoms with Crippen LogP contribution >= 0.6 is 0 Å². The van der Waals surface area contributed by atoms with E-state index in [2.05, 4.69) is 17.2 Å². The van der Waals surface area contributed by atoms with Crippen molar-refractivity contribution in [2.75, 3.05) is 7.05 Å². The minimum atomic E-state index is -0.161. The van der Waals surface area contributed by atoms with E-state index >= 15 is 0 Å². The van der Waals surface area contributed by atoms with Crippen LogP contribution in [0.25, 0.3) is 6.08 Å². The maximum Gasteiger partial charge on any atom is 0.0918 e. The quantitative estimate of drug-likeness (QED) is 0.573. The summed E-state index contributed by atoms with van der Waals surface area (Å²) in [5, 5.41) is 6.14. The molecule has 1 aromatic carbocycles. The third kappa shape index (κ3) is 3.61. The molecule has 1 atom stereocenters. The molecule has 1 rings (SSSR count). The number of hydrogen-bond acceptors (Lipinski definition) is 4. The smallest absolute Gasteiger partial charge is 0.0918 e. The molecular formula is C14H22N4. The number of nitrogens with one attached hydrogen (secondary N) is 2. The van der Waals surface area contributed by atoms with Crippen molar-refractivity contribution in [3.05, 3.63) is 53.4 Å². The molecule has 18 heavy (non-hydrogen) atoms. The Morgan fingerprint density at radius 3 is 2.78 bits per heavy atom. The summed E-state index contributed by atoms with van der Waals surface area (Å²) >= 11 is 0. The lowest BCUT2D eigenvalue weighted by Gasteiger charge is -2.14. The van der Waals surface area contributed by atoms with Crippen LogP contribution in [0.2, 0.25) is 0 Å². The van der Waals surface area contributed by atoms with E-state index in [1.807, 2.05) is 44.3 Å². The zero-order valence-corrected chi connectivity index (χ0v) is 11.0. The second-order valence-electron chi connectivity index (χ2n) is 4.03. The van der Waals surface area contributed by atoms with Gasteiger partial charge in [-0.15, -0.1) is 0 Å². The molecule has 0 aliphatic carbocycles. The van der Waals surface area contributed by atoms with Gasteiger partial charge in [-0.25, -0.2) is 0 Å². The molecule has 0 radical (unpaired) electrons. The minimum absolute atomic E-state index is 0.161. The molecule has 0 aliphatic rings. The molecule has 6 N–H and O–H groups in total. The summed E-state index contributed by atoms with van der Waals surface area (Å²) in [6.45, 7) is 6.40. The molecule has 0 bridgehead atoms. The summed E-state index contributed by atoms with van der Waals surface area (Å²) in [4.78, 5) is 0. The van der Waals surface area contributed by atoms with Crippen molar-refractivity contribution in [3.63, 3.8) is 0 Å². The van der Waals surface area contributed by atoms with Crippen LogP contribution in [-0.4, -0.2) is 7.05 Å². The van der Waals surface area contributed by atoms with Crippen molar-refractivity contribution in [1.29, 1.82) is 0 Å². The molecule has 1 unspecified atom stereocenters. The van der Waals surface area contributed by atoms with Gasteiger partial charge in [0.1, 0.15) is 0 Å². The average molecular weight is 246 g/mol. The van der Waals surface area contributed by atoms with Gasteiger partial charge in [0.15, 0.2) is 0 Å². The highest BCUT2D eigenvalue weighted by Crippen LogP contribution is 2.16. The molecule has 0 saturated carbocycles. The van der Waals surface area contributed by atoms with Crippen LogP contribution in [0.1, 0.15) is 29.8 Å². The van der Waals surface area contributed by atoms with E-state index < -0.39 is 0 Å². The van der Waals surface area contributed by atoms with E-state index in [1.54, 1.807) is 0 Å². The zero-order chi connectivity index (χ0) is 13.5. The first-order chi connectivity index (χ1) is 8.62. The Balaban J connectivity index is 2.90. The second kappa shape index (κ2) is 6.83. The standard InChI is InChI=1S/C14H22N4/c1-4-10-8-11(14(16)17-3)6-7-12(10)9-18-13(15)5-2/h4-8,14,17-18H,1,9,15-16H2,2-3H3/b13-5+. The van der Waals surface area contributed by atoms with Gasteiger partial charge in [-0.3, -0.25) is 0 Å². The molecule has 0 aliphatic heterocycles. The van der Waals surface area contributed by atoms with E-state index in [4.69, 9.17) is 11.5 Å². The lowest BCUT2D eigenvalue weighted by Crippen LogP contribution is -2.25. The minimum Gasteiger partial charge on any atom is -0.386 e. The van der Waals surface area contributed by atoms with Gasteiger partial charge in [-0.1, -0.05) is 24.8 Å². The predicted molar refractivity (Wildman–Crippen MR) is 77.3 cm³/mol. The summed E-state index contributed by atoms with van der Waals surface area (Å²) < 4.78 is 0. The predicted octanol–water partition coefficient (Wildman–Crippen LogP) is 1.42. The first-order valence-electron chi connectivity index (χ1n) is 5.96. The second-order valence-corrected chi connectivity index (χ2v) is 4.03. The fourth-order valence-corrected chi connectivity index (χ4v) is 1.62. The van der Waals surface area contributed by atoms with Crippen LogP contribution in [0.3, 0.4) is 0 Å². The molecular weight excluding hydrogens is 224 g/mol. The van der Waals surface area contributed by atoms with Crippen LogP contribution in [0, 0.1) is 0 Å². The van der Waals surface area contributed by atoms with Gasteiger partial charge >= 0.3 is 0 Å². The number of nitrogens with two attached hydrogens (primary N) is 2. The number of hydrogen-bond donors (Lipinski definition) is 4. The summed E-state index contributed by atoms with van der Waals surface area (Å²) in [7, 11) is 1.83. The maximum absolute atomic E-state index is 5.92. The lowest BCUT2D eigenvalue weighted by atomic mass is 10.0. The Morgan fingerprint density at radius 2 is 2.22 bits per heavy atom. The topological polar surface area (TPSA) is 76.1 Å². The van der Waals surface area contributed by atoms with Gasteiger partial charge in [-0.2, -0.15) is 0 Å². The lowest BCUT2D eigenvalue weighted by molar-refractivity contribution is 0.621. The average Bonchev–Trinajstić information content (AvgIpc) is 2.43. The van der Waals surface area contributed by atoms with Crippen LogP contribution in [0.4, 0.5) is 0 Å². The summed E-state index contributed by atoms with van der Waals surface area (Å²) in [6, 6.07) is 6.09. The van der Waals surface area contributed by atoms with Gasteiger partial charge in [0.2, 0.25) is 0 Å². The van der Waals surface area contributed by atoms with Gasteiger partial charge < -0.3 is 22.1 Å². The zero-order valence-electron chi connectivity index (χ0n) is 11.0. The van der Waals surface area contributed by atoms with Crippen molar-refractivity contribution in [3.8, 4) is 0 Å². The Bertz CT molecular complexity index is 437. The molecule has 4 nitrogen and oxygen atoms in total. The van der Waals surface area contributed by atoms with E-state index in [0.717, 1.165) is 16.7 Å². The van der Waals surface area contributed by atoms with Crippen molar-refractivity contribution in [2.24, 2.45) is 11.5 Å². The Labute approximate surface area is 109 Å². The monoisotopic (exact) mass is 246 g/mol. The van der Waals surface area contributed by atoms with Crippen LogP contribution in [0.15, 0.2) is 36.7 Å². The summed E-state index contributed by atoms with van der Waals surface area (Å²) in [5.41, 5.74) is 14.9. The Kier molecular flexibility index (Phi) is 5.42. The van der Waals surface area contributed by atoms with Gasteiger partial charge in [0, 0.05) is 6.54 Å².